The highest BCUT2D eigenvalue weighted by Crippen LogP contribution is 2.26. The van der Waals surface area contributed by atoms with Crippen LogP contribution < -0.4 is 0 Å². The van der Waals surface area contributed by atoms with Crippen molar-refractivity contribution in [1.29, 1.82) is 0 Å². The summed E-state index contributed by atoms with van der Waals surface area (Å²) in [6.45, 7) is 6.54. The summed E-state index contributed by atoms with van der Waals surface area (Å²) in [7, 11) is 0. The molecule has 1 saturated carbocycles. The fourth-order valence-corrected chi connectivity index (χ4v) is 2.12. The van der Waals surface area contributed by atoms with E-state index < -0.39 is 0 Å². The van der Waals surface area contributed by atoms with Crippen LogP contribution in [0, 0.1) is 0 Å². The standard InChI is InChI=1S/C13H23N/c1-4-8-11(2)14-12(3)13-9-6-5-7-10-13/h4-10H2,1-3H3. The van der Waals surface area contributed by atoms with Crippen molar-refractivity contribution in [1.82, 2.24) is 0 Å². The van der Waals surface area contributed by atoms with Crippen molar-refractivity contribution in [2.75, 3.05) is 0 Å². The molecular formula is C13H23N. The van der Waals surface area contributed by atoms with Gasteiger partial charge in [-0.15, -0.1) is 0 Å². The summed E-state index contributed by atoms with van der Waals surface area (Å²) < 4.78 is 0. The lowest BCUT2D eigenvalue weighted by Gasteiger charge is -2.15. The monoisotopic (exact) mass is 193 g/mol. The lowest BCUT2D eigenvalue weighted by molar-refractivity contribution is 0.592. The Balaban J connectivity index is 2.61. The van der Waals surface area contributed by atoms with Crippen LogP contribution in [-0.4, -0.2) is 5.71 Å². The Hall–Kier alpha value is -0.590. The highest BCUT2D eigenvalue weighted by molar-refractivity contribution is 5.82. The van der Waals surface area contributed by atoms with Crippen LogP contribution in [0.3, 0.4) is 0 Å². The normalized spacial score (nSPS) is 18.5. The predicted molar refractivity (Wildman–Crippen MR) is 63.8 cm³/mol. The Morgan fingerprint density at radius 1 is 1.14 bits per heavy atom. The average Bonchev–Trinajstić information content (AvgIpc) is 2.19. The van der Waals surface area contributed by atoms with Crippen molar-refractivity contribution in [2.45, 2.75) is 65.7 Å². The molecule has 0 spiro atoms. The molecule has 0 amide bonds. The molecule has 1 aliphatic rings. The first-order valence-corrected chi connectivity index (χ1v) is 5.96. The van der Waals surface area contributed by atoms with Gasteiger partial charge in [-0.1, -0.05) is 19.8 Å². The molecule has 0 radical (unpaired) electrons. The fourth-order valence-electron chi connectivity index (χ4n) is 2.12. The van der Waals surface area contributed by atoms with Gasteiger partial charge < -0.3 is 0 Å². The smallest absolute Gasteiger partial charge is 0.0363 e. The molecule has 0 atom stereocenters. The van der Waals surface area contributed by atoms with Crippen LogP contribution in [0.15, 0.2) is 16.3 Å². The lowest BCUT2D eigenvalue weighted by atomic mass is 9.94. The van der Waals surface area contributed by atoms with Gasteiger partial charge >= 0.3 is 0 Å². The second-order valence-electron chi connectivity index (χ2n) is 4.35. The van der Waals surface area contributed by atoms with E-state index in [1.54, 1.807) is 5.57 Å². The summed E-state index contributed by atoms with van der Waals surface area (Å²) >= 11 is 0. The van der Waals surface area contributed by atoms with Gasteiger partial charge in [0.1, 0.15) is 0 Å². The summed E-state index contributed by atoms with van der Waals surface area (Å²) in [5.74, 6) is 0. The van der Waals surface area contributed by atoms with E-state index in [2.05, 4.69) is 25.8 Å². The van der Waals surface area contributed by atoms with Gasteiger partial charge in [-0.3, -0.25) is 4.99 Å². The summed E-state index contributed by atoms with van der Waals surface area (Å²) in [5.41, 5.74) is 4.20. The maximum Gasteiger partial charge on any atom is 0.0363 e. The second kappa shape index (κ2) is 6.00. The molecule has 1 heteroatoms. The van der Waals surface area contributed by atoms with Gasteiger partial charge in [0.25, 0.3) is 0 Å². The molecule has 0 aromatic heterocycles. The second-order valence-corrected chi connectivity index (χ2v) is 4.35. The van der Waals surface area contributed by atoms with Gasteiger partial charge in [-0.05, 0) is 51.5 Å². The van der Waals surface area contributed by atoms with Crippen LogP contribution in [0.5, 0.6) is 0 Å². The molecule has 0 bridgehead atoms. The first-order valence-electron chi connectivity index (χ1n) is 5.96. The number of rotatable bonds is 3. The van der Waals surface area contributed by atoms with Gasteiger partial charge in [-0.25, -0.2) is 0 Å². The Kier molecular flexibility index (Phi) is 4.92. The SMILES string of the molecule is CCCC(C)=NC(C)=C1CCCCC1. The zero-order chi connectivity index (χ0) is 10.4. The number of hydrogen-bond acceptors (Lipinski definition) is 1. The van der Waals surface area contributed by atoms with E-state index in [-0.39, 0.29) is 0 Å². The Bertz CT molecular complexity index is 228. The van der Waals surface area contributed by atoms with Gasteiger partial charge in [0.05, 0.1) is 0 Å². The van der Waals surface area contributed by atoms with Gasteiger partial charge in [-0.2, -0.15) is 0 Å². The van der Waals surface area contributed by atoms with Crippen LogP contribution in [0.4, 0.5) is 0 Å². The first-order chi connectivity index (χ1) is 6.74. The topological polar surface area (TPSA) is 12.4 Å². The third kappa shape index (κ3) is 3.65. The summed E-state index contributed by atoms with van der Waals surface area (Å²) in [5, 5.41) is 0. The molecule has 14 heavy (non-hydrogen) atoms. The summed E-state index contributed by atoms with van der Waals surface area (Å²) in [6, 6.07) is 0. The van der Waals surface area contributed by atoms with Crippen LogP contribution in [-0.2, 0) is 0 Å². The van der Waals surface area contributed by atoms with Crippen molar-refractivity contribution in [3.05, 3.63) is 11.3 Å². The molecule has 0 heterocycles. The zero-order valence-corrected chi connectivity index (χ0v) is 9.90. The van der Waals surface area contributed by atoms with Crippen molar-refractivity contribution < 1.29 is 0 Å². The van der Waals surface area contributed by atoms with Crippen LogP contribution in [0.25, 0.3) is 0 Å². The van der Waals surface area contributed by atoms with Crippen LogP contribution in [0.2, 0.25) is 0 Å². The fraction of sp³-hybridized carbons (Fsp3) is 0.769. The number of aliphatic imine (C=N–C) groups is 1. The van der Waals surface area contributed by atoms with Crippen molar-refractivity contribution >= 4 is 5.71 Å². The molecule has 1 fully saturated rings. The molecule has 0 aliphatic heterocycles. The maximum atomic E-state index is 4.69. The Morgan fingerprint density at radius 2 is 1.79 bits per heavy atom. The van der Waals surface area contributed by atoms with E-state index in [0.29, 0.717) is 0 Å². The maximum absolute atomic E-state index is 4.69. The van der Waals surface area contributed by atoms with E-state index >= 15 is 0 Å². The minimum absolute atomic E-state index is 1.14. The number of nitrogens with zero attached hydrogens (tertiary/aromatic N) is 1. The molecule has 0 N–H and O–H groups in total. The number of hydrogen-bond donors (Lipinski definition) is 0. The van der Waals surface area contributed by atoms with Crippen molar-refractivity contribution in [3.63, 3.8) is 0 Å². The molecule has 0 aromatic carbocycles. The molecule has 0 unspecified atom stereocenters. The minimum Gasteiger partial charge on any atom is -0.263 e. The van der Waals surface area contributed by atoms with Gasteiger partial charge in [0.15, 0.2) is 0 Å². The molecule has 1 aliphatic carbocycles. The number of allylic oxidation sites excluding steroid dienone is 2. The highest BCUT2D eigenvalue weighted by atomic mass is 14.7. The quantitative estimate of drug-likeness (QED) is 0.586. The summed E-state index contributed by atoms with van der Waals surface area (Å²) in [4.78, 5) is 4.69. The first kappa shape index (κ1) is 11.5. The van der Waals surface area contributed by atoms with Gasteiger partial charge in [0, 0.05) is 11.4 Å². The molecule has 80 valence electrons. The third-order valence-corrected chi connectivity index (χ3v) is 2.94. The van der Waals surface area contributed by atoms with Crippen molar-refractivity contribution in [2.24, 2.45) is 4.99 Å². The van der Waals surface area contributed by atoms with Crippen LogP contribution >= 0.6 is 0 Å². The molecule has 0 aromatic rings. The minimum atomic E-state index is 1.14. The molecule has 0 saturated heterocycles. The molecular weight excluding hydrogens is 170 g/mol. The Morgan fingerprint density at radius 3 is 2.36 bits per heavy atom. The Labute approximate surface area is 88.3 Å². The highest BCUT2D eigenvalue weighted by Gasteiger charge is 2.07. The van der Waals surface area contributed by atoms with E-state index in [9.17, 15) is 0 Å². The average molecular weight is 193 g/mol. The third-order valence-electron chi connectivity index (χ3n) is 2.94. The van der Waals surface area contributed by atoms with Gasteiger partial charge in [0.2, 0.25) is 0 Å². The molecule has 1 nitrogen and oxygen atoms in total. The zero-order valence-electron chi connectivity index (χ0n) is 9.90. The van der Waals surface area contributed by atoms with Crippen LogP contribution in [0.1, 0.15) is 65.7 Å². The lowest BCUT2D eigenvalue weighted by Crippen LogP contribution is -1.98. The van der Waals surface area contributed by atoms with E-state index in [4.69, 9.17) is 0 Å². The summed E-state index contributed by atoms with van der Waals surface area (Å²) in [6.07, 6.45) is 9.07. The van der Waals surface area contributed by atoms with Crippen molar-refractivity contribution in [3.8, 4) is 0 Å². The van der Waals surface area contributed by atoms with E-state index in [1.807, 2.05) is 0 Å². The predicted octanol–water partition coefficient (Wildman–Crippen LogP) is 4.49. The van der Waals surface area contributed by atoms with E-state index in [0.717, 1.165) is 6.42 Å². The van der Waals surface area contributed by atoms with E-state index in [1.165, 1.54) is 49.9 Å². The largest absolute Gasteiger partial charge is 0.263 e. The molecule has 1 rings (SSSR count).